The number of hydrogen-bond acceptors (Lipinski definition) is 3. The van der Waals surface area contributed by atoms with Gasteiger partial charge in [-0.3, -0.25) is 5.32 Å². The highest BCUT2D eigenvalue weighted by atomic mass is 16.3. The topological polar surface area (TPSA) is 52.5 Å². The van der Waals surface area contributed by atoms with Crippen LogP contribution in [-0.2, 0) is 5.54 Å². The van der Waals surface area contributed by atoms with Gasteiger partial charge < -0.3 is 10.2 Å². The Morgan fingerprint density at radius 3 is 1.42 bits per heavy atom. The molecule has 0 aromatic heterocycles. The van der Waals surface area contributed by atoms with Crippen LogP contribution in [0.5, 0.6) is 0 Å². The van der Waals surface area contributed by atoms with Crippen molar-refractivity contribution in [2.75, 3.05) is 19.8 Å². The lowest BCUT2D eigenvalue weighted by molar-refractivity contribution is 0.141. The molecule has 0 unspecified atom stereocenters. The highest BCUT2D eigenvalue weighted by Gasteiger charge is 2.35. The monoisotopic (exact) mass is 417 g/mol. The summed E-state index contributed by atoms with van der Waals surface area (Å²) in [5, 5.41) is 22.3. The van der Waals surface area contributed by atoms with E-state index < -0.39 is 5.54 Å². The summed E-state index contributed by atoms with van der Waals surface area (Å²) in [6, 6.07) is 32.1. The third kappa shape index (κ3) is 6.04. The summed E-state index contributed by atoms with van der Waals surface area (Å²) in [6.45, 7) is 1.06. The van der Waals surface area contributed by atoms with E-state index in [0.29, 0.717) is 0 Å². The lowest BCUT2D eigenvalue weighted by Crippen LogP contribution is -2.45. The first-order chi connectivity index (χ1) is 15.3. The maximum Gasteiger partial charge on any atom is 0.0947 e. The van der Waals surface area contributed by atoms with Crippen molar-refractivity contribution in [2.45, 2.75) is 37.6 Å². The molecule has 3 rings (SSSR count). The fraction of sp³-hybridized carbons (Fsp3) is 0.357. The molecule has 0 bridgehead atoms. The predicted molar refractivity (Wildman–Crippen MR) is 128 cm³/mol. The normalized spacial score (nSPS) is 11.7. The Hall–Kier alpha value is -2.46. The smallest absolute Gasteiger partial charge is 0.0947 e. The molecule has 0 heterocycles. The molecule has 0 amide bonds. The van der Waals surface area contributed by atoms with E-state index in [-0.39, 0.29) is 19.1 Å². The number of unbranched alkanes of at least 4 members (excludes halogenated alkanes) is 3. The molecule has 3 aromatic rings. The van der Waals surface area contributed by atoms with Gasteiger partial charge in [0.25, 0.3) is 0 Å². The van der Waals surface area contributed by atoms with Crippen molar-refractivity contribution in [1.82, 2.24) is 5.32 Å². The lowest BCUT2D eigenvalue weighted by atomic mass is 9.77. The number of benzene rings is 3. The highest BCUT2D eigenvalue weighted by Crippen LogP contribution is 2.36. The molecule has 3 N–H and O–H groups in total. The Kier molecular flexibility index (Phi) is 9.29. The van der Waals surface area contributed by atoms with E-state index in [1.54, 1.807) is 0 Å². The summed E-state index contributed by atoms with van der Waals surface area (Å²) in [5.74, 6) is 0.0278. The first-order valence-electron chi connectivity index (χ1n) is 11.4. The zero-order valence-electron chi connectivity index (χ0n) is 18.3. The van der Waals surface area contributed by atoms with Crippen molar-refractivity contribution < 1.29 is 10.2 Å². The number of rotatable bonds is 13. The molecule has 0 atom stereocenters. The zero-order valence-corrected chi connectivity index (χ0v) is 18.3. The average Bonchev–Trinajstić information content (AvgIpc) is 2.85. The van der Waals surface area contributed by atoms with Crippen molar-refractivity contribution in [1.29, 1.82) is 0 Å². The Labute approximate surface area is 186 Å². The van der Waals surface area contributed by atoms with Crippen LogP contribution in [0.1, 0.15) is 48.8 Å². The van der Waals surface area contributed by atoms with Crippen molar-refractivity contribution in [3.8, 4) is 0 Å². The molecule has 31 heavy (non-hydrogen) atoms. The van der Waals surface area contributed by atoms with Crippen molar-refractivity contribution in [3.05, 3.63) is 108 Å². The van der Waals surface area contributed by atoms with E-state index in [2.05, 4.69) is 96.3 Å². The van der Waals surface area contributed by atoms with Gasteiger partial charge in [-0.1, -0.05) is 110 Å². The van der Waals surface area contributed by atoms with Crippen LogP contribution in [0.2, 0.25) is 0 Å². The van der Waals surface area contributed by atoms with Gasteiger partial charge in [0.2, 0.25) is 0 Å². The van der Waals surface area contributed by atoms with Crippen LogP contribution in [0.15, 0.2) is 91.0 Å². The summed E-state index contributed by atoms with van der Waals surface area (Å²) in [5.41, 5.74) is 3.31. The van der Waals surface area contributed by atoms with Crippen LogP contribution in [0, 0.1) is 5.92 Å². The minimum atomic E-state index is -0.400. The average molecular weight is 418 g/mol. The quantitative estimate of drug-likeness (QED) is 0.267. The van der Waals surface area contributed by atoms with Crippen LogP contribution in [-0.4, -0.2) is 30.0 Å². The van der Waals surface area contributed by atoms with Crippen LogP contribution >= 0.6 is 0 Å². The second-order valence-electron chi connectivity index (χ2n) is 8.21. The largest absolute Gasteiger partial charge is 0.396 e. The Bertz CT molecular complexity index is 751. The molecule has 3 nitrogen and oxygen atoms in total. The molecule has 3 heteroatoms. The van der Waals surface area contributed by atoms with Gasteiger partial charge in [0.1, 0.15) is 0 Å². The summed E-state index contributed by atoms with van der Waals surface area (Å²) in [4.78, 5) is 0. The number of hydrogen-bond donors (Lipinski definition) is 3. The molecule has 0 saturated heterocycles. The molecule has 3 aromatic carbocycles. The van der Waals surface area contributed by atoms with Gasteiger partial charge in [-0.05, 0) is 36.1 Å². The molecule has 0 fully saturated rings. The second kappa shape index (κ2) is 12.4. The summed E-state index contributed by atoms with van der Waals surface area (Å²) in [7, 11) is 0. The molecule has 0 aliphatic rings. The molecule has 164 valence electrons. The molecule has 0 aliphatic heterocycles. The van der Waals surface area contributed by atoms with Crippen LogP contribution < -0.4 is 5.32 Å². The SMILES string of the molecule is OCC(CO)CCCCCCNC(c1ccccc1)(c1ccccc1)c1ccccc1. The number of nitrogens with one attached hydrogen (secondary N) is 1. The maximum atomic E-state index is 9.21. The molecule has 0 spiro atoms. The highest BCUT2D eigenvalue weighted by molar-refractivity contribution is 5.49. The van der Waals surface area contributed by atoms with Gasteiger partial charge in [-0.15, -0.1) is 0 Å². The van der Waals surface area contributed by atoms with Gasteiger partial charge >= 0.3 is 0 Å². The van der Waals surface area contributed by atoms with E-state index in [9.17, 15) is 10.2 Å². The van der Waals surface area contributed by atoms with Gasteiger partial charge in [0.05, 0.1) is 5.54 Å². The molecular weight excluding hydrogens is 382 g/mol. The van der Waals surface area contributed by atoms with Crippen molar-refractivity contribution in [3.63, 3.8) is 0 Å². The van der Waals surface area contributed by atoms with Gasteiger partial charge in [0, 0.05) is 19.1 Å². The van der Waals surface area contributed by atoms with E-state index in [1.807, 2.05) is 0 Å². The van der Waals surface area contributed by atoms with Crippen LogP contribution in [0.4, 0.5) is 0 Å². The van der Waals surface area contributed by atoms with Crippen LogP contribution in [0.3, 0.4) is 0 Å². The number of aliphatic hydroxyl groups is 2. The minimum Gasteiger partial charge on any atom is -0.396 e. The minimum absolute atomic E-state index is 0.0278. The Morgan fingerprint density at radius 1 is 0.581 bits per heavy atom. The Morgan fingerprint density at radius 2 is 1.00 bits per heavy atom. The fourth-order valence-electron chi connectivity index (χ4n) is 4.30. The third-order valence-corrected chi connectivity index (χ3v) is 6.07. The summed E-state index contributed by atoms with van der Waals surface area (Å²) < 4.78 is 0. The summed E-state index contributed by atoms with van der Waals surface area (Å²) >= 11 is 0. The van der Waals surface area contributed by atoms with Crippen LogP contribution in [0.25, 0.3) is 0 Å². The van der Waals surface area contributed by atoms with Gasteiger partial charge in [0.15, 0.2) is 0 Å². The zero-order chi connectivity index (χ0) is 21.8. The van der Waals surface area contributed by atoms with Gasteiger partial charge in [-0.2, -0.15) is 0 Å². The first-order valence-corrected chi connectivity index (χ1v) is 11.4. The van der Waals surface area contributed by atoms with E-state index in [4.69, 9.17) is 0 Å². The molecule has 0 aliphatic carbocycles. The first kappa shape index (κ1) is 23.2. The van der Waals surface area contributed by atoms with E-state index in [1.165, 1.54) is 16.7 Å². The Balaban J connectivity index is 1.76. The van der Waals surface area contributed by atoms with E-state index >= 15 is 0 Å². The number of aliphatic hydroxyl groups excluding tert-OH is 2. The third-order valence-electron chi connectivity index (χ3n) is 6.07. The van der Waals surface area contributed by atoms with Crippen molar-refractivity contribution in [2.24, 2.45) is 5.92 Å². The predicted octanol–water partition coefficient (Wildman–Crippen LogP) is 5.12. The fourth-order valence-corrected chi connectivity index (χ4v) is 4.30. The maximum absolute atomic E-state index is 9.21. The second-order valence-corrected chi connectivity index (χ2v) is 8.21. The molecule has 0 saturated carbocycles. The van der Waals surface area contributed by atoms with Gasteiger partial charge in [-0.25, -0.2) is 0 Å². The summed E-state index contributed by atoms with van der Waals surface area (Å²) in [6.07, 6.45) is 5.27. The lowest BCUT2D eigenvalue weighted by Gasteiger charge is -2.37. The van der Waals surface area contributed by atoms with E-state index in [0.717, 1.165) is 38.6 Å². The molecule has 0 radical (unpaired) electrons. The standard InChI is InChI=1S/C28H35NO2/c30-22-24(23-31)14-6-1-2-13-21-29-28(25-15-7-3-8-16-25,26-17-9-4-10-18-26)27-19-11-5-12-20-27/h3-5,7-12,15-20,24,29-31H,1-2,6,13-14,21-23H2. The molecular formula is C28H35NO2. The van der Waals surface area contributed by atoms with Crippen molar-refractivity contribution >= 4 is 0 Å².